The maximum Gasteiger partial charge on any atom is 0.417 e. The number of rotatable bonds is 4. The zero-order chi connectivity index (χ0) is 23.8. The predicted molar refractivity (Wildman–Crippen MR) is 113 cm³/mol. The van der Waals surface area contributed by atoms with E-state index in [9.17, 15) is 23.1 Å². The summed E-state index contributed by atoms with van der Waals surface area (Å²) in [6.07, 6.45) is -2.66. The van der Waals surface area contributed by atoms with Crippen LogP contribution in [0, 0.1) is 22.7 Å². The van der Waals surface area contributed by atoms with E-state index in [1.807, 2.05) is 4.90 Å². The maximum absolute atomic E-state index is 13.4. The van der Waals surface area contributed by atoms with E-state index < -0.39 is 22.7 Å². The van der Waals surface area contributed by atoms with Gasteiger partial charge in [-0.1, -0.05) is 0 Å². The van der Waals surface area contributed by atoms with Gasteiger partial charge in [-0.25, -0.2) is 4.98 Å². The second-order valence-electron chi connectivity index (χ2n) is 8.53. The van der Waals surface area contributed by atoms with E-state index in [2.05, 4.69) is 4.98 Å². The third-order valence-corrected chi connectivity index (χ3v) is 6.72. The second-order valence-corrected chi connectivity index (χ2v) is 8.53. The number of aliphatic hydroxyl groups excluding tert-OH is 1. The molecular formula is C23H23F3N4O3. The molecule has 1 aromatic carbocycles. The molecule has 4 rings (SSSR count). The van der Waals surface area contributed by atoms with Gasteiger partial charge < -0.3 is 19.6 Å². The molecule has 1 amide bonds. The lowest BCUT2D eigenvalue weighted by Gasteiger charge is -2.43. The van der Waals surface area contributed by atoms with Crippen LogP contribution in [0.3, 0.4) is 0 Å². The molecule has 0 saturated carbocycles. The first-order valence-corrected chi connectivity index (χ1v) is 10.5. The van der Waals surface area contributed by atoms with Crippen LogP contribution in [0.25, 0.3) is 0 Å². The molecule has 0 spiro atoms. The predicted octanol–water partition coefficient (Wildman–Crippen LogP) is 2.94. The van der Waals surface area contributed by atoms with E-state index >= 15 is 0 Å². The number of alkyl halides is 3. The van der Waals surface area contributed by atoms with Gasteiger partial charge in [0.15, 0.2) is 0 Å². The van der Waals surface area contributed by atoms with Crippen LogP contribution in [0.5, 0.6) is 5.88 Å². The molecule has 33 heavy (non-hydrogen) atoms. The van der Waals surface area contributed by atoms with Gasteiger partial charge in [-0.2, -0.15) is 18.4 Å². The van der Waals surface area contributed by atoms with E-state index in [1.54, 1.807) is 23.1 Å². The number of fused-ring (bicyclic) bond motifs is 1. The Morgan fingerprint density at radius 1 is 1.33 bits per heavy atom. The fourth-order valence-corrected chi connectivity index (χ4v) is 4.80. The van der Waals surface area contributed by atoms with E-state index in [4.69, 9.17) is 10.00 Å². The third kappa shape index (κ3) is 4.20. The van der Waals surface area contributed by atoms with Crippen LogP contribution in [0.2, 0.25) is 0 Å². The average Bonchev–Trinajstić information content (AvgIpc) is 3.22. The lowest BCUT2D eigenvalue weighted by Crippen LogP contribution is -2.49. The number of carbonyl (C=O) groups excluding carboxylic acids is 1. The molecule has 1 aromatic heterocycles. The fourth-order valence-electron chi connectivity index (χ4n) is 4.80. The number of pyridine rings is 1. The highest BCUT2D eigenvalue weighted by atomic mass is 19.4. The summed E-state index contributed by atoms with van der Waals surface area (Å²) in [5.74, 6) is 0.0674. The molecular weight excluding hydrogens is 437 g/mol. The first kappa shape index (κ1) is 22.9. The number of halogens is 3. The molecule has 2 aromatic rings. The van der Waals surface area contributed by atoms with Crippen molar-refractivity contribution in [1.82, 2.24) is 9.88 Å². The van der Waals surface area contributed by atoms with Gasteiger partial charge in [0.2, 0.25) is 5.88 Å². The van der Waals surface area contributed by atoms with Crippen LogP contribution in [0.15, 0.2) is 36.5 Å². The van der Waals surface area contributed by atoms with Crippen molar-refractivity contribution in [2.45, 2.75) is 12.6 Å². The molecule has 0 unspecified atom stereocenters. The molecule has 7 nitrogen and oxygen atoms in total. The van der Waals surface area contributed by atoms with Gasteiger partial charge in [-0.15, -0.1) is 0 Å². The van der Waals surface area contributed by atoms with Crippen LogP contribution in [0.4, 0.5) is 18.9 Å². The Bertz CT molecular complexity index is 1080. The second kappa shape index (κ2) is 8.56. The Labute approximate surface area is 189 Å². The van der Waals surface area contributed by atoms with Gasteiger partial charge in [0, 0.05) is 55.5 Å². The monoisotopic (exact) mass is 460 g/mol. The minimum Gasteiger partial charge on any atom is -0.481 e. The normalized spacial score (nSPS) is 22.6. The summed E-state index contributed by atoms with van der Waals surface area (Å²) in [7, 11) is 1.48. The number of nitriles is 1. The number of hydrogen-bond acceptors (Lipinski definition) is 6. The molecule has 2 aliphatic heterocycles. The zero-order valence-electron chi connectivity index (χ0n) is 18.0. The van der Waals surface area contributed by atoms with Crippen molar-refractivity contribution >= 4 is 11.6 Å². The largest absolute Gasteiger partial charge is 0.481 e. The Morgan fingerprint density at radius 2 is 2.12 bits per heavy atom. The number of aromatic nitrogens is 1. The SMILES string of the molecule is COc1ccc(C(=O)N2C[C@H]3CN(c4ccc(C#N)c(C(F)(F)F)c4)CC[C@@]3(CO)C2)cn1. The smallest absolute Gasteiger partial charge is 0.417 e. The van der Waals surface area contributed by atoms with E-state index in [1.165, 1.54) is 25.4 Å². The fraction of sp³-hybridized carbons (Fsp3) is 0.435. The summed E-state index contributed by atoms with van der Waals surface area (Å²) in [4.78, 5) is 20.6. The highest BCUT2D eigenvalue weighted by molar-refractivity contribution is 5.94. The number of likely N-dealkylation sites (tertiary alicyclic amines) is 1. The maximum atomic E-state index is 13.4. The standard InChI is InChI=1S/C23H23F3N4O3/c1-33-20-5-3-16(10-28-20)21(32)30-12-17-11-29(7-6-22(17,13-30)14-31)18-4-2-15(9-27)19(8-18)23(24,25)26/h2-5,8,10,17,31H,6-7,11-14H2,1H3/t17-,22+/m1/s1. The summed E-state index contributed by atoms with van der Waals surface area (Å²) in [6, 6.07) is 8.53. The van der Waals surface area contributed by atoms with Gasteiger partial charge >= 0.3 is 6.18 Å². The topological polar surface area (TPSA) is 89.7 Å². The van der Waals surface area contributed by atoms with E-state index in [-0.39, 0.29) is 18.4 Å². The summed E-state index contributed by atoms with van der Waals surface area (Å²) < 4.78 is 45.2. The van der Waals surface area contributed by atoms with Crippen LogP contribution in [-0.4, -0.2) is 60.8 Å². The number of hydrogen-bond donors (Lipinski definition) is 1. The molecule has 0 bridgehead atoms. The Balaban J connectivity index is 1.55. The van der Waals surface area contributed by atoms with Crippen molar-refractivity contribution < 1.29 is 27.8 Å². The molecule has 2 fully saturated rings. The molecule has 0 radical (unpaired) electrons. The summed E-state index contributed by atoms with van der Waals surface area (Å²) >= 11 is 0. The van der Waals surface area contributed by atoms with Crippen molar-refractivity contribution in [2.24, 2.45) is 11.3 Å². The first-order chi connectivity index (χ1) is 15.7. The minimum atomic E-state index is -4.63. The number of carbonyl (C=O) groups is 1. The van der Waals surface area contributed by atoms with Gasteiger partial charge in [0.05, 0.1) is 36.5 Å². The molecule has 2 atom stereocenters. The minimum absolute atomic E-state index is 0.114. The Kier molecular flexibility index (Phi) is 5.93. The molecule has 1 N–H and O–H groups in total. The van der Waals surface area contributed by atoms with E-state index in [0.29, 0.717) is 49.7 Å². The number of methoxy groups -OCH3 is 1. The number of amides is 1. The molecule has 2 aliphatic rings. The summed E-state index contributed by atoms with van der Waals surface area (Å²) in [5.41, 5.74) is -1.11. The highest BCUT2D eigenvalue weighted by Crippen LogP contribution is 2.44. The highest BCUT2D eigenvalue weighted by Gasteiger charge is 2.50. The lowest BCUT2D eigenvalue weighted by molar-refractivity contribution is -0.137. The Morgan fingerprint density at radius 3 is 2.73 bits per heavy atom. The Hall–Kier alpha value is -3.32. The molecule has 0 aliphatic carbocycles. The van der Waals surface area contributed by atoms with Crippen molar-refractivity contribution in [3.63, 3.8) is 0 Å². The lowest BCUT2D eigenvalue weighted by atomic mass is 9.73. The summed E-state index contributed by atoms with van der Waals surface area (Å²) in [5, 5.41) is 19.2. The van der Waals surface area contributed by atoms with Crippen molar-refractivity contribution in [2.75, 3.05) is 44.8 Å². The van der Waals surface area contributed by atoms with Gasteiger partial charge in [-0.05, 0) is 30.7 Å². The van der Waals surface area contributed by atoms with Crippen molar-refractivity contribution in [3.8, 4) is 11.9 Å². The first-order valence-electron chi connectivity index (χ1n) is 10.5. The number of piperidine rings is 1. The van der Waals surface area contributed by atoms with Crippen LogP contribution in [0.1, 0.15) is 27.9 Å². The third-order valence-electron chi connectivity index (χ3n) is 6.72. The summed E-state index contributed by atoms with van der Waals surface area (Å²) in [6.45, 7) is 1.47. The van der Waals surface area contributed by atoms with Crippen LogP contribution >= 0.6 is 0 Å². The van der Waals surface area contributed by atoms with E-state index in [0.717, 1.165) is 6.07 Å². The molecule has 10 heteroatoms. The van der Waals surface area contributed by atoms with Crippen LogP contribution < -0.4 is 9.64 Å². The number of aliphatic hydroxyl groups is 1. The quantitative estimate of drug-likeness (QED) is 0.755. The number of anilines is 1. The number of ether oxygens (including phenoxy) is 1. The van der Waals surface area contributed by atoms with Crippen molar-refractivity contribution in [3.05, 3.63) is 53.2 Å². The molecule has 2 saturated heterocycles. The van der Waals surface area contributed by atoms with Gasteiger partial charge in [0.25, 0.3) is 5.91 Å². The average molecular weight is 460 g/mol. The molecule has 174 valence electrons. The molecule has 3 heterocycles. The number of benzene rings is 1. The zero-order valence-corrected chi connectivity index (χ0v) is 18.0. The van der Waals surface area contributed by atoms with Gasteiger partial charge in [-0.3, -0.25) is 4.79 Å². The van der Waals surface area contributed by atoms with Crippen LogP contribution in [-0.2, 0) is 6.18 Å². The number of nitrogens with zero attached hydrogens (tertiary/aromatic N) is 4. The van der Waals surface area contributed by atoms with Gasteiger partial charge in [0.1, 0.15) is 0 Å². The van der Waals surface area contributed by atoms with Crippen molar-refractivity contribution in [1.29, 1.82) is 5.26 Å².